The predicted molar refractivity (Wildman–Crippen MR) is 93.8 cm³/mol. The molecular formula is C21H17NO. The Morgan fingerprint density at radius 1 is 0.696 bits per heavy atom. The molecule has 3 aromatic carbocycles. The molecular weight excluding hydrogens is 282 g/mol. The second-order valence-electron chi connectivity index (χ2n) is 5.62. The average Bonchev–Trinajstić information content (AvgIpc) is 3.02. The van der Waals surface area contributed by atoms with Crippen molar-refractivity contribution in [1.29, 1.82) is 0 Å². The van der Waals surface area contributed by atoms with Gasteiger partial charge in [0.25, 0.3) is 0 Å². The van der Waals surface area contributed by atoms with Crippen molar-refractivity contribution in [3.63, 3.8) is 0 Å². The lowest BCUT2D eigenvalue weighted by atomic mass is 10.0. The lowest BCUT2D eigenvalue weighted by Gasteiger charge is -2.09. The monoisotopic (exact) mass is 299 g/mol. The summed E-state index contributed by atoms with van der Waals surface area (Å²) in [5.74, 6) is 0. The van der Waals surface area contributed by atoms with Crippen LogP contribution in [0, 0.1) is 0 Å². The first-order valence-corrected chi connectivity index (χ1v) is 7.73. The summed E-state index contributed by atoms with van der Waals surface area (Å²) in [6.07, 6.45) is 1.41. The van der Waals surface area contributed by atoms with Crippen molar-refractivity contribution in [2.75, 3.05) is 0 Å². The van der Waals surface area contributed by atoms with E-state index >= 15 is 0 Å². The first-order valence-electron chi connectivity index (χ1n) is 7.73. The number of hydrogen-bond acceptors (Lipinski definition) is 1. The zero-order valence-electron chi connectivity index (χ0n) is 12.6. The van der Waals surface area contributed by atoms with E-state index in [1.54, 1.807) is 0 Å². The van der Waals surface area contributed by atoms with Gasteiger partial charge in [-0.3, -0.25) is 0 Å². The molecule has 0 radical (unpaired) electrons. The van der Waals surface area contributed by atoms with Gasteiger partial charge < -0.3 is 9.67 Å². The SMILES string of the molecule is OC(c1ccccc1)c1cn(-c2ccccc2)c2ccccc12. The van der Waals surface area contributed by atoms with Crippen molar-refractivity contribution in [1.82, 2.24) is 4.57 Å². The van der Waals surface area contributed by atoms with Crippen LogP contribution in [0.2, 0.25) is 0 Å². The van der Waals surface area contributed by atoms with Gasteiger partial charge in [-0.1, -0.05) is 66.7 Å². The minimum absolute atomic E-state index is 0.633. The summed E-state index contributed by atoms with van der Waals surface area (Å²) < 4.78 is 2.14. The number of aliphatic hydroxyl groups excluding tert-OH is 1. The van der Waals surface area contributed by atoms with Crippen molar-refractivity contribution in [3.8, 4) is 5.69 Å². The Balaban J connectivity index is 1.92. The van der Waals surface area contributed by atoms with E-state index in [0.29, 0.717) is 0 Å². The largest absolute Gasteiger partial charge is 0.384 e. The van der Waals surface area contributed by atoms with Crippen molar-refractivity contribution >= 4 is 10.9 Å². The molecule has 2 nitrogen and oxygen atoms in total. The molecule has 0 bridgehead atoms. The zero-order chi connectivity index (χ0) is 15.6. The summed E-state index contributed by atoms with van der Waals surface area (Å²) in [6.45, 7) is 0. The highest BCUT2D eigenvalue weighted by Crippen LogP contribution is 2.32. The van der Waals surface area contributed by atoms with Gasteiger partial charge in [0, 0.05) is 22.8 Å². The molecule has 0 aliphatic heterocycles. The molecule has 0 saturated heterocycles. The number of rotatable bonds is 3. The number of aromatic nitrogens is 1. The van der Waals surface area contributed by atoms with Gasteiger partial charge in [-0.25, -0.2) is 0 Å². The molecule has 4 rings (SSSR count). The van der Waals surface area contributed by atoms with Crippen molar-refractivity contribution in [2.45, 2.75) is 6.10 Å². The Kier molecular flexibility index (Phi) is 3.45. The summed E-state index contributed by atoms with van der Waals surface area (Å²) in [7, 11) is 0. The molecule has 4 aromatic rings. The Morgan fingerprint density at radius 2 is 1.30 bits per heavy atom. The van der Waals surface area contributed by atoms with Gasteiger partial charge >= 0.3 is 0 Å². The van der Waals surface area contributed by atoms with Crippen LogP contribution < -0.4 is 0 Å². The molecule has 2 heteroatoms. The van der Waals surface area contributed by atoms with E-state index in [4.69, 9.17) is 0 Å². The van der Waals surface area contributed by atoms with Gasteiger partial charge in [0.1, 0.15) is 6.10 Å². The van der Waals surface area contributed by atoms with Crippen LogP contribution >= 0.6 is 0 Å². The van der Waals surface area contributed by atoms with E-state index in [-0.39, 0.29) is 0 Å². The van der Waals surface area contributed by atoms with Gasteiger partial charge in [-0.2, -0.15) is 0 Å². The summed E-state index contributed by atoms with van der Waals surface area (Å²) in [4.78, 5) is 0. The van der Waals surface area contributed by atoms with Gasteiger partial charge in [-0.15, -0.1) is 0 Å². The van der Waals surface area contributed by atoms with Crippen molar-refractivity contribution in [2.24, 2.45) is 0 Å². The molecule has 0 amide bonds. The van der Waals surface area contributed by atoms with E-state index in [1.807, 2.05) is 66.9 Å². The molecule has 1 aromatic heterocycles. The maximum Gasteiger partial charge on any atom is 0.106 e. The number of para-hydroxylation sites is 2. The minimum atomic E-state index is -0.633. The Labute approximate surface area is 135 Å². The zero-order valence-corrected chi connectivity index (χ0v) is 12.6. The highest BCUT2D eigenvalue weighted by molar-refractivity contribution is 5.86. The maximum atomic E-state index is 10.8. The average molecular weight is 299 g/mol. The van der Waals surface area contributed by atoms with E-state index < -0.39 is 6.10 Å². The van der Waals surface area contributed by atoms with Crippen molar-refractivity contribution < 1.29 is 5.11 Å². The molecule has 0 aliphatic rings. The fourth-order valence-electron chi connectivity index (χ4n) is 3.04. The van der Waals surface area contributed by atoms with Crippen LogP contribution in [-0.2, 0) is 0 Å². The Morgan fingerprint density at radius 3 is 2.04 bits per heavy atom. The second kappa shape index (κ2) is 5.75. The first kappa shape index (κ1) is 13.8. The van der Waals surface area contributed by atoms with Crippen molar-refractivity contribution in [3.05, 3.63) is 102 Å². The van der Waals surface area contributed by atoms with Gasteiger partial charge in [0.05, 0.1) is 5.52 Å². The first-order chi connectivity index (χ1) is 11.3. The lowest BCUT2D eigenvalue weighted by molar-refractivity contribution is 0.222. The highest BCUT2D eigenvalue weighted by Gasteiger charge is 2.17. The van der Waals surface area contributed by atoms with Crippen LogP contribution in [0.3, 0.4) is 0 Å². The molecule has 0 aliphatic carbocycles. The van der Waals surface area contributed by atoms with Crippen LogP contribution in [-0.4, -0.2) is 9.67 Å². The minimum Gasteiger partial charge on any atom is -0.384 e. The van der Waals surface area contributed by atoms with Crippen LogP contribution in [0.4, 0.5) is 0 Å². The Hall–Kier alpha value is -2.84. The quantitative estimate of drug-likeness (QED) is 0.582. The number of aliphatic hydroxyl groups is 1. The molecule has 0 spiro atoms. The van der Waals surface area contributed by atoms with E-state index in [9.17, 15) is 5.11 Å². The predicted octanol–water partition coefficient (Wildman–Crippen LogP) is 4.71. The third-order valence-electron chi connectivity index (χ3n) is 4.19. The van der Waals surface area contributed by atoms with Gasteiger partial charge in [-0.05, 0) is 23.8 Å². The van der Waals surface area contributed by atoms with E-state index in [2.05, 4.69) is 28.8 Å². The normalized spacial score (nSPS) is 12.4. The van der Waals surface area contributed by atoms with E-state index in [0.717, 1.165) is 27.7 Å². The number of fused-ring (bicyclic) bond motifs is 1. The topological polar surface area (TPSA) is 25.2 Å². The summed E-state index contributed by atoms with van der Waals surface area (Å²) in [5, 5.41) is 11.9. The standard InChI is InChI=1S/C21H17NO/c23-21(16-9-3-1-4-10-16)19-15-22(17-11-5-2-6-12-17)20-14-8-7-13-18(19)20/h1-15,21,23H. The van der Waals surface area contributed by atoms with Crippen LogP contribution in [0.25, 0.3) is 16.6 Å². The van der Waals surface area contributed by atoms with Gasteiger partial charge in [0.2, 0.25) is 0 Å². The molecule has 23 heavy (non-hydrogen) atoms. The molecule has 1 heterocycles. The molecule has 0 fully saturated rings. The maximum absolute atomic E-state index is 10.8. The summed E-state index contributed by atoms with van der Waals surface area (Å²) >= 11 is 0. The van der Waals surface area contributed by atoms with E-state index in [1.165, 1.54) is 0 Å². The fourth-order valence-corrected chi connectivity index (χ4v) is 3.04. The second-order valence-corrected chi connectivity index (χ2v) is 5.62. The summed E-state index contributed by atoms with van der Waals surface area (Å²) in [5.41, 5.74) is 4.03. The molecule has 112 valence electrons. The van der Waals surface area contributed by atoms with Crippen LogP contribution in [0.5, 0.6) is 0 Å². The number of benzene rings is 3. The number of nitrogens with zero attached hydrogens (tertiary/aromatic N) is 1. The fraction of sp³-hybridized carbons (Fsp3) is 0.0476. The van der Waals surface area contributed by atoms with Crippen LogP contribution in [0.15, 0.2) is 91.1 Å². The third kappa shape index (κ3) is 2.43. The molecule has 0 saturated carbocycles. The third-order valence-corrected chi connectivity index (χ3v) is 4.19. The molecule has 1 N–H and O–H groups in total. The van der Waals surface area contributed by atoms with Gasteiger partial charge in [0.15, 0.2) is 0 Å². The smallest absolute Gasteiger partial charge is 0.106 e. The highest BCUT2D eigenvalue weighted by atomic mass is 16.3. The summed E-state index contributed by atoms with van der Waals surface area (Å²) in [6, 6.07) is 28.2. The van der Waals surface area contributed by atoms with Crippen LogP contribution in [0.1, 0.15) is 17.2 Å². The Bertz CT molecular complexity index is 926. The lowest BCUT2D eigenvalue weighted by Crippen LogP contribution is -1.98. The number of hydrogen-bond donors (Lipinski definition) is 1. The molecule has 1 atom stereocenters. The molecule has 1 unspecified atom stereocenters.